The number of hydrogen-bond donors (Lipinski definition) is 5. The molecule has 0 saturated carbocycles. The number of aromatic nitrogens is 1. The summed E-state index contributed by atoms with van der Waals surface area (Å²) in [6.07, 6.45) is 0.779. The number of halogens is 1. The molecular formula is C27H32FN7O4S. The van der Waals surface area contributed by atoms with Crippen LogP contribution in [0.2, 0.25) is 0 Å². The molecule has 6 N–H and O–H groups in total. The van der Waals surface area contributed by atoms with Crippen LogP contribution >= 0.6 is 11.5 Å². The van der Waals surface area contributed by atoms with Gasteiger partial charge < -0.3 is 26.4 Å². The number of carbonyl (C=O) groups excluding carboxylic acids is 3. The lowest BCUT2D eigenvalue weighted by Crippen LogP contribution is -2.38. The van der Waals surface area contributed by atoms with Gasteiger partial charge in [0.15, 0.2) is 0 Å². The third-order valence-corrected chi connectivity index (χ3v) is 7.08. The van der Waals surface area contributed by atoms with Crippen LogP contribution in [-0.4, -0.2) is 66.6 Å². The van der Waals surface area contributed by atoms with E-state index in [-0.39, 0.29) is 16.3 Å². The maximum Gasteiger partial charge on any atom is 0.323 e. The Kier molecular flexibility index (Phi) is 9.64. The number of carbonyl (C=O) groups is 3. The number of nitrogens with two attached hydrogens (primary N) is 1. The van der Waals surface area contributed by atoms with Crippen molar-refractivity contribution in [3.8, 4) is 11.3 Å². The number of nitrogens with zero attached hydrogens (tertiary/aromatic N) is 2. The van der Waals surface area contributed by atoms with Gasteiger partial charge in [-0.3, -0.25) is 15.0 Å². The van der Waals surface area contributed by atoms with Gasteiger partial charge in [-0.25, -0.2) is 14.0 Å². The molecule has 2 aromatic carbocycles. The fourth-order valence-corrected chi connectivity index (χ4v) is 5.09. The highest BCUT2D eigenvalue weighted by molar-refractivity contribution is 7.11. The summed E-state index contributed by atoms with van der Waals surface area (Å²) in [6, 6.07) is 8.39. The second-order valence-corrected chi connectivity index (χ2v) is 10.2. The van der Waals surface area contributed by atoms with Crippen LogP contribution in [0.25, 0.3) is 11.3 Å². The molecule has 0 bridgehead atoms. The van der Waals surface area contributed by atoms with Gasteiger partial charge in [-0.05, 0) is 73.7 Å². The zero-order valence-electron chi connectivity index (χ0n) is 22.3. The van der Waals surface area contributed by atoms with Gasteiger partial charge in [0.2, 0.25) is 0 Å². The Morgan fingerprint density at radius 1 is 1.05 bits per heavy atom. The average molecular weight is 570 g/mol. The lowest BCUT2D eigenvalue weighted by atomic mass is 10.0. The first kappa shape index (κ1) is 28.9. The molecule has 0 atom stereocenters. The summed E-state index contributed by atoms with van der Waals surface area (Å²) in [5.41, 5.74) is 8.74. The number of aryl methyl sites for hydroxylation is 2. The van der Waals surface area contributed by atoms with Crippen molar-refractivity contribution in [1.82, 2.24) is 14.6 Å². The number of rotatable bonds is 9. The molecule has 1 aliphatic rings. The van der Waals surface area contributed by atoms with Crippen LogP contribution in [0.3, 0.4) is 0 Å². The minimum Gasteiger partial charge on any atom is -0.379 e. The van der Waals surface area contributed by atoms with Crippen molar-refractivity contribution in [3.05, 3.63) is 58.9 Å². The average Bonchev–Trinajstić information content (AvgIpc) is 3.32. The van der Waals surface area contributed by atoms with Crippen molar-refractivity contribution in [1.29, 1.82) is 0 Å². The molecule has 0 unspecified atom stereocenters. The molecule has 1 aliphatic heterocycles. The first-order valence-corrected chi connectivity index (χ1v) is 13.6. The molecule has 1 aromatic heterocycles. The fraction of sp³-hybridized carbons (Fsp3) is 0.333. The number of nitrogens with one attached hydrogen (secondary N) is 4. The maximum absolute atomic E-state index is 14.0. The summed E-state index contributed by atoms with van der Waals surface area (Å²) in [6.45, 7) is 8.13. The van der Waals surface area contributed by atoms with E-state index in [9.17, 15) is 18.8 Å². The number of morpholine rings is 1. The highest BCUT2D eigenvalue weighted by Gasteiger charge is 2.23. The Labute approximate surface area is 235 Å². The quantitative estimate of drug-likeness (QED) is 0.244. The monoisotopic (exact) mass is 569 g/mol. The predicted molar refractivity (Wildman–Crippen MR) is 153 cm³/mol. The number of ether oxygens (including phenoxy) is 1. The number of anilines is 3. The van der Waals surface area contributed by atoms with Crippen molar-refractivity contribution in [3.63, 3.8) is 0 Å². The summed E-state index contributed by atoms with van der Waals surface area (Å²) in [4.78, 5) is 39.5. The number of benzene rings is 2. The number of primary amides is 1. The van der Waals surface area contributed by atoms with Crippen molar-refractivity contribution in [2.75, 3.05) is 55.3 Å². The second kappa shape index (κ2) is 13.3. The van der Waals surface area contributed by atoms with Gasteiger partial charge in [0.1, 0.15) is 16.4 Å². The standard InChI is InChI=1S/C27H32FN7O4S/c1-16-4-7-20(28)21(14-16)32-27(38)31-18-5-6-19(17(2)15-18)23-22(24(29)36)25(40-34-23)33-26(37)30-8-3-9-35-10-12-39-13-11-35/h4-7,14-15H,3,8-13H2,1-2H3,(H2,29,36)(H2,30,33,37)(H2,31,32,38). The normalized spacial score (nSPS) is 13.5. The fourth-order valence-electron chi connectivity index (χ4n) is 4.29. The molecule has 40 heavy (non-hydrogen) atoms. The highest BCUT2D eigenvalue weighted by atomic mass is 32.1. The minimum atomic E-state index is -0.729. The first-order valence-electron chi connectivity index (χ1n) is 12.8. The van der Waals surface area contributed by atoms with Crippen molar-refractivity contribution in [2.45, 2.75) is 20.3 Å². The van der Waals surface area contributed by atoms with Crippen LogP contribution in [0.4, 0.5) is 30.4 Å². The molecule has 0 aliphatic carbocycles. The smallest absolute Gasteiger partial charge is 0.323 e. The molecule has 1 fully saturated rings. The van der Waals surface area contributed by atoms with E-state index >= 15 is 0 Å². The summed E-state index contributed by atoms with van der Waals surface area (Å²) >= 11 is 0.957. The number of amides is 5. The molecular weight excluding hydrogens is 537 g/mol. The third-order valence-electron chi connectivity index (χ3n) is 6.32. The van der Waals surface area contributed by atoms with Gasteiger partial charge in [-0.15, -0.1) is 0 Å². The Hall–Kier alpha value is -4.07. The van der Waals surface area contributed by atoms with Crippen molar-refractivity contribution >= 4 is 45.9 Å². The summed E-state index contributed by atoms with van der Waals surface area (Å²) in [5, 5.41) is 10.9. The molecule has 212 valence electrons. The van der Waals surface area contributed by atoms with Gasteiger partial charge in [-0.2, -0.15) is 4.37 Å². The lowest BCUT2D eigenvalue weighted by Gasteiger charge is -2.26. The summed E-state index contributed by atoms with van der Waals surface area (Å²) in [7, 11) is 0. The third kappa shape index (κ3) is 7.52. The largest absolute Gasteiger partial charge is 0.379 e. The SMILES string of the molecule is Cc1ccc(F)c(NC(=O)Nc2ccc(-c3nsc(NC(=O)NCCCN4CCOCC4)c3C(N)=O)c(C)c2)c1. The van der Waals surface area contributed by atoms with Crippen LogP contribution in [-0.2, 0) is 4.74 Å². The van der Waals surface area contributed by atoms with Crippen molar-refractivity contribution in [2.24, 2.45) is 5.73 Å². The molecule has 0 spiro atoms. The van der Waals surface area contributed by atoms with Gasteiger partial charge in [0, 0.05) is 30.9 Å². The Morgan fingerprint density at radius 3 is 2.55 bits per heavy atom. The van der Waals surface area contributed by atoms with E-state index in [1.807, 2.05) is 0 Å². The summed E-state index contributed by atoms with van der Waals surface area (Å²) < 4.78 is 23.7. The van der Waals surface area contributed by atoms with Crippen LogP contribution in [0, 0.1) is 19.7 Å². The Balaban J connectivity index is 1.38. The highest BCUT2D eigenvalue weighted by Crippen LogP contribution is 2.34. The van der Waals surface area contributed by atoms with E-state index in [4.69, 9.17) is 10.5 Å². The lowest BCUT2D eigenvalue weighted by molar-refractivity contribution is 0.0375. The second-order valence-electron chi connectivity index (χ2n) is 9.38. The molecule has 2 heterocycles. The molecule has 1 saturated heterocycles. The Morgan fingerprint density at radius 2 is 1.82 bits per heavy atom. The van der Waals surface area contributed by atoms with Crippen LogP contribution < -0.4 is 27.0 Å². The van der Waals surface area contributed by atoms with E-state index in [0.717, 1.165) is 56.4 Å². The van der Waals surface area contributed by atoms with Gasteiger partial charge >= 0.3 is 12.1 Å². The van der Waals surface area contributed by atoms with Crippen LogP contribution in [0.15, 0.2) is 36.4 Å². The zero-order valence-corrected chi connectivity index (χ0v) is 23.1. The van der Waals surface area contributed by atoms with Crippen LogP contribution in [0.5, 0.6) is 0 Å². The van der Waals surface area contributed by atoms with E-state index in [1.165, 1.54) is 12.1 Å². The van der Waals surface area contributed by atoms with Gasteiger partial charge in [0.25, 0.3) is 5.91 Å². The van der Waals surface area contributed by atoms with Crippen molar-refractivity contribution < 1.29 is 23.5 Å². The number of hydrogen-bond acceptors (Lipinski definition) is 7. The van der Waals surface area contributed by atoms with Gasteiger partial charge in [-0.1, -0.05) is 12.1 Å². The molecule has 11 nitrogen and oxygen atoms in total. The zero-order chi connectivity index (χ0) is 28.6. The molecule has 5 amide bonds. The van der Waals surface area contributed by atoms with E-state index in [1.54, 1.807) is 38.1 Å². The Bertz CT molecular complexity index is 1390. The number of urea groups is 2. The van der Waals surface area contributed by atoms with E-state index in [0.29, 0.717) is 29.1 Å². The molecule has 3 aromatic rings. The first-order chi connectivity index (χ1) is 19.2. The van der Waals surface area contributed by atoms with E-state index < -0.39 is 23.8 Å². The van der Waals surface area contributed by atoms with Crippen LogP contribution in [0.1, 0.15) is 27.9 Å². The molecule has 0 radical (unpaired) electrons. The predicted octanol–water partition coefficient (Wildman–Crippen LogP) is 4.15. The molecule has 4 rings (SSSR count). The minimum absolute atomic E-state index is 0.0700. The molecule has 13 heteroatoms. The summed E-state index contributed by atoms with van der Waals surface area (Å²) in [5.74, 6) is -1.27. The maximum atomic E-state index is 14.0. The van der Waals surface area contributed by atoms with Gasteiger partial charge in [0.05, 0.1) is 24.6 Å². The topological polar surface area (TPSA) is 151 Å². The van der Waals surface area contributed by atoms with E-state index in [2.05, 4.69) is 30.5 Å².